The van der Waals surface area contributed by atoms with Crippen molar-refractivity contribution in [3.63, 3.8) is 0 Å². The highest BCUT2D eigenvalue weighted by atomic mass is 32.2. The van der Waals surface area contributed by atoms with Gasteiger partial charge in [-0.1, -0.05) is 35.3 Å². The molecule has 30 heavy (non-hydrogen) atoms. The second-order valence-corrected chi connectivity index (χ2v) is 8.35. The fourth-order valence-corrected chi connectivity index (χ4v) is 4.20. The molecule has 1 aromatic rings. The molecule has 3 N–H and O–H groups in total. The first-order valence-electron chi connectivity index (χ1n) is 8.58. The fraction of sp³-hybridized carbons (Fsp3) is 0.600. The Labute approximate surface area is 186 Å². The monoisotopic (exact) mass is 480 g/mol. The molecular weight excluding hydrogens is 456 g/mol. The van der Waals surface area contributed by atoms with Crippen LogP contribution in [-0.2, 0) is 28.9 Å². The standard InChI is InChI=1S/C15H24N6O6S3/c1-25-19-10(22)4-7-28-13-16-14(29-8-5-11(23)20-26-2)18-15(17-13)30-9-6-12(24)21-27-3/h4-9H2,1-3H3,(H,19,22)(H,20,23)(H,21,24). The number of thioether (sulfide) groups is 3. The molecule has 0 aromatic carbocycles. The number of amides is 3. The predicted octanol–water partition coefficient (Wildman–Crippen LogP) is 0.351. The third kappa shape index (κ3) is 12.1. The third-order valence-electron chi connectivity index (χ3n) is 2.90. The second-order valence-electron chi connectivity index (χ2n) is 5.17. The molecule has 12 nitrogen and oxygen atoms in total. The maximum atomic E-state index is 11.5. The van der Waals surface area contributed by atoms with E-state index in [1.807, 2.05) is 0 Å². The number of nitrogens with one attached hydrogen (secondary N) is 3. The minimum atomic E-state index is -0.253. The summed E-state index contributed by atoms with van der Waals surface area (Å²) >= 11 is 3.88. The van der Waals surface area contributed by atoms with Gasteiger partial charge in [0, 0.05) is 36.5 Å². The van der Waals surface area contributed by atoms with Crippen LogP contribution in [0.15, 0.2) is 15.5 Å². The molecule has 0 aliphatic rings. The lowest BCUT2D eigenvalue weighted by Gasteiger charge is -2.07. The molecule has 1 rings (SSSR count). The lowest BCUT2D eigenvalue weighted by atomic mass is 10.5. The fourth-order valence-electron chi connectivity index (χ4n) is 1.71. The highest BCUT2D eigenvalue weighted by Crippen LogP contribution is 2.24. The van der Waals surface area contributed by atoms with Crippen LogP contribution in [0.5, 0.6) is 0 Å². The van der Waals surface area contributed by atoms with Crippen LogP contribution in [-0.4, -0.2) is 71.3 Å². The predicted molar refractivity (Wildman–Crippen MR) is 111 cm³/mol. The molecule has 1 heterocycles. The van der Waals surface area contributed by atoms with Gasteiger partial charge >= 0.3 is 0 Å². The normalized spacial score (nSPS) is 10.5. The average molecular weight is 481 g/mol. The lowest BCUT2D eigenvalue weighted by Crippen LogP contribution is -2.22. The number of hydrogen-bond donors (Lipinski definition) is 3. The van der Waals surface area contributed by atoms with Gasteiger partial charge in [-0.3, -0.25) is 28.9 Å². The summed E-state index contributed by atoms with van der Waals surface area (Å²) in [6, 6.07) is 0. The second kappa shape index (κ2) is 16.1. The molecule has 0 spiro atoms. The Morgan fingerprint density at radius 2 is 0.900 bits per heavy atom. The minimum absolute atomic E-state index is 0.226. The first-order valence-corrected chi connectivity index (χ1v) is 11.5. The molecule has 15 heteroatoms. The number of carbonyl (C=O) groups is 3. The van der Waals surface area contributed by atoms with E-state index in [1.165, 1.54) is 56.6 Å². The molecule has 0 fully saturated rings. The minimum Gasteiger partial charge on any atom is -0.277 e. The van der Waals surface area contributed by atoms with Gasteiger partial charge in [-0.25, -0.2) is 16.4 Å². The molecule has 168 valence electrons. The van der Waals surface area contributed by atoms with Crippen molar-refractivity contribution in [2.24, 2.45) is 0 Å². The van der Waals surface area contributed by atoms with Crippen molar-refractivity contribution < 1.29 is 28.9 Å². The van der Waals surface area contributed by atoms with Crippen LogP contribution in [0.1, 0.15) is 19.3 Å². The van der Waals surface area contributed by atoms with E-state index in [2.05, 4.69) is 45.9 Å². The van der Waals surface area contributed by atoms with Crippen LogP contribution in [0, 0.1) is 0 Å². The van der Waals surface area contributed by atoms with Gasteiger partial charge in [0.25, 0.3) is 0 Å². The summed E-state index contributed by atoms with van der Waals surface area (Å²) in [6.45, 7) is 0. The highest BCUT2D eigenvalue weighted by Gasteiger charge is 2.11. The van der Waals surface area contributed by atoms with Gasteiger partial charge in [0.1, 0.15) is 0 Å². The van der Waals surface area contributed by atoms with Crippen LogP contribution >= 0.6 is 35.3 Å². The van der Waals surface area contributed by atoms with Crippen molar-refractivity contribution in [2.45, 2.75) is 34.7 Å². The van der Waals surface area contributed by atoms with E-state index >= 15 is 0 Å². The Balaban J connectivity index is 2.69. The largest absolute Gasteiger partial charge is 0.277 e. The Kier molecular flexibility index (Phi) is 14.2. The first kappa shape index (κ1) is 26.4. The van der Waals surface area contributed by atoms with Crippen molar-refractivity contribution in [3.05, 3.63) is 0 Å². The molecule has 0 radical (unpaired) electrons. The third-order valence-corrected chi connectivity index (χ3v) is 5.45. The topological polar surface area (TPSA) is 154 Å². The van der Waals surface area contributed by atoms with E-state index in [0.29, 0.717) is 32.7 Å². The highest BCUT2D eigenvalue weighted by molar-refractivity contribution is 8.00. The molecule has 0 unspecified atom stereocenters. The van der Waals surface area contributed by atoms with E-state index in [4.69, 9.17) is 0 Å². The molecule has 0 bridgehead atoms. The summed E-state index contributed by atoms with van der Waals surface area (Å²) in [7, 11) is 4.09. The number of hydrogen-bond acceptors (Lipinski definition) is 12. The molecule has 0 aliphatic carbocycles. The van der Waals surface area contributed by atoms with E-state index in [-0.39, 0.29) is 37.0 Å². The van der Waals surface area contributed by atoms with Crippen LogP contribution in [0.3, 0.4) is 0 Å². The van der Waals surface area contributed by atoms with Gasteiger partial charge in [0.15, 0.2) is 15.5 Å². The lowest BCUT2D eigenvalue weighted by molar-refractivity contribution is -0.131. The van der Waals surface area contributed by atoms with Crippen molar-refractivity contribution in [1.29, 1.82) is 0 Å². The molecule has 1 aromatic heterocycles. The zero-order valence-electron chi connectivity index (χ0n) is 16.8. The van der Waals surface area contributed by atoms with Crippen molar-refractivity contribution in [3.8, 4) is 0 Å². The maximum absolute atomic E-state index is 11.5. The summed E-state index contributed by atoms with van der Waals surface area (Å²) in [4.78, 5) is 61.2. The molecule has 0 aliphatic heterocycles. The summed E-state index contributed by atoms with van der Waals surface area (Å²) in [5, 5.41) is 1.34. The van der Waals surface area contributed by atoms with Gasteiger partial charge in [0.05, 0.1) is 21.3 Å². The first-order chi connectivity index (χ1) is 14.5. The van der Waals surface area contributed by atoms with E-state index in [9.17, 15) is 14.4 Å². The van der Waals surface area contributed by atoms with Gasteiger partial charge in [0.2, 0.25) is 17.7 Å². The summed E-state index contributed by atoms with van der Waals surface area (Å²) in [5.74, 6) is 0.574. The quantitative estimate of drug-likeness (QED) is 0.234. The number of hydroxylamine groups is 3. The number of carbonyl (C=O) groups excluding carboxylic acids is 3. The van der Waals surface area contributed by atoms with E-state index < -0.39 is 0 Å². The van der Waals surface area contributed by atoms with E-state index in [0.717, 1.165) is 0 Å². The summed E-state index contributed by atoms with van der Waals surface area (Å²) < 4.78 is 0. The van der Waals surface area contributed by atoms with Crippen molar-refractivity contribution >= 4 is 53.0 Å². The zero-order chi connectivity index (χ0) is 22.2. The SMILES string of the molecule is CONC(=O)CCSc1nc(SCCC(=O)NOC)nc(SCCC(=O)NOC)n1. The smallest absolute Gasteiger partial charge is 0.244 e. The van der Waals surface area contributed by atoms with Crippen molar-refractivity contribution in [2.75, 3.05) is 38.6 Å². The molecule has 3 amide bonds. The van der Waals surface area contributed by atoms with E-state index in [1.54, 1.807) is 0 Å². The van der Waals surface area contributed by atoms with Crippen molar-refractivity contribution in [1.82, 2.24) is 31.4 Å². The van der Waals surface area contributed by atoms with Gasteiger partial charge in [-0.15, -0.1) is 0 Å². The van der Waals surface area contributed by atoms with Gasteiger partial charge in [-0.05, 0) is 0 Å². The summed E-state index contributed by atoms with van der Waals surface area (Å²) in [5.41, 5.74) is 6.73. The number of aromatic nitrogens is 3. The molecule has 0 saturated heterocycles. The number of rotatable bonds is 15. The molecule has 0 atom stereocenters. The Morgan fingerprint density at radius 3 is 1.13 bits per heavy atom. The summed E-state index contributed by atoms with van der Waals surface area (Å²) in [6.07, 6.45) is 0.677. The van der Waals surface area contributed by atoms with Crippen LogP contribution < -0.4 is 16.4 Å². The van der Waals surface area contributed by atoms with Crippen LogP contribution in [0.25, 0.3) is 0 Å². The molecular formula is C15H24N6O6S3. The average Bonchev–Trinajstić information content (AvgIpc) is 2.68. The Hall–Kier alpha value is -1.65. The maximum Gasteiger partial charge on any atom is 0.244 e. The Morgan fingerprint density at radius 1 is 0.633 bits per heavy atom. The zero-order valence-corrected chi connectivity index (χ0v) is 19.2. The molecule has 0 saturated carbocycles. The van der Waals surface area contributed by atoms with Gasteiger partial charge in [-0.2, -0.15) is 15.0 Å². The van der Waals surface area contributed by atoms with Crippen LogP contribution in [0.2, 0.25) is 0 Å². The number of nitrogens with zero attached hydrogens (tertiary/aromatic N) is 3. The Bertz CT molecular complexity index is 596. The van der Waals surface area contributed by atoms with Crippen LogP contribution in [0.4, 0.5) is 0 Å². The van der Waals surface area contributed by atoms with Gasteiger partial charge < -0.3 is 0 Å².